The van der Waals surface area contributed by atoms with Crippen molar-refractivity contribution in [3.63, 3.8) is 0 Å². The summed E-state index contributed by atoms with van der Waals surface area (Å²) >= 11 is 0. The Kier molecular flexibility index (Phi) is 12.9. The van der Waals surface area contributed by atoms with Gasteiger partial charge >= 0.3 is 0 Å². The molecule has 1 aromatic carbocycles. The van der Waals surface area contributed by atoms with E-state index in [0.717, 1.165) is 5.92 Å². The molecule has 0 aliphatic carbocycles. The molecule has 0 aliphatic rings. The number of rotatable bonds is 10. The van der Waals surface area contributed by atoms with E-state index in [4.69, 9.17) is 0 Å². The average Bonchev–Trinajstić information content (AvgIpc) is 2.41. The Morgan fingerprint density at radius 2 is 1.38 bits per heavy atom. The number of aryl methyl sites for hydroxylation is 2. The fraction of sp³-hybridized carbons (Fsp3) is 0.700. The minimum absolute atomic E-state index is 0. The summed E-state index contributed by atoms with van der Waals surface area (Å²) in [7, 11) is 0. The molecular formula is C20H34Na. The molecule has 0 saturated heterocycles. The molecule has 0 nitrogen and oxygen atoms in total. The second kappa shape index (κ2) is 12.7. The van der Waals surface area contributed by atoms with E-state index in [1.807, 2.05) is 0 Å². The van der Waals surface area contributed by atoms with Crippen molar-refractivity contribution in [2.75, 3.05) is 0 Å². The normalized spacial score (nSPS) is 10.7. The molecule has 115 valence electrons. The van der Waals surface area contributed by atoms with Crippen molar-refractivity contribution in [1.29, 1.82) is 0 Å². The van der Waals surface area contributed by atoms with Gasteiger partial charge < -0.3 is 0 Å². The smallest absolute Gasteiger partial charge is 0 e. The number of unbranched alkanes of at least 4 members (excludes halogenated alkanes) is 6. The van der Waals surface area contributed by atoms with Crippen LogP contribution in [0.4, 0.5) is 0 Å². The molecule has 0 aromatic heterocycles. The zero-order valence-corrected chi connectivity index (χ0v) is 17.2. The fourth-order valence-corrected chi connectivity index (χ4v) is 2.83. The third-order valence-electron chi connectivity index (χ3n) is 4.44. The quantitative estimate of drug-likeness (QED) is 0.354. The van der Waals surface area contributed by atoms with Gasteiger partial charge in [0, 0.05) is 29.6 Å². The third-order valence-corrected chi connectivity index (χ3v) is 4.44. The van der Waals surface area contributed by atoms with Crippen LogP contribution in [-0.4, -0.2) is 29.6 Å². The molecule has 1 heteroatoms. The first-order valence-corrected chi connectivity index (χ1v) is 8.66. The van der Waals surface area contributed by atoms with Crippen molar-refractivity contribution < 1.29 is 0 Å². The molecule has 0 fully saturated rings. The molecule has 0 unspecified atom stereocenters. The van der Waals surface area contributed by atoms with Crippen molar-refractivity contribution in [2.24, 2.45) is 5.92 Å². The van der Waals surface area contributed by atoms with Gasteiger partial charge in [0.15, 0.2) is 0 Å². The first kappa shape index (κ1) is 21.2. The summed E-state index contributed by atoms with van der Waals surface area (Å²) in [5, 5.41) is 0. The summed E-state index contributed by atoms with van der Waals surface area (Å²) in [6.45, 7) is 9.13. The fourth-order valence-electron chi connectivity index (χ4n) is 2.83. The van der Waals surface area contributed by atoms with Crippen LogP contribution in [-0.2, 0) is 6.42 Å². The monoisotopic (exact) mass is 297 g/mol. The van der Waals surface area contributed by atoms with Gasteiger partial charge in [0.2, 0.25) is 0 Å². The van der Waals surface area contributed by atoms with Gasteiger partial charge in [0.05, 0.1) is 0 Å². The summed E-state index contributed by atoms with van der Waals surface area (Å²) in [5.41, 5.74) is 4.50. The maximum absolute atomic E-state index is 2.33. The molecule has 0 atom stereocenters. The molecular weight excluding hydrogens is 263 g/mol. The van der Waals surface area contributed by atoms with Crippen LogP contribution in [0.2, 0.25) is 0 Å². The predicted molar refractivity (Wildman–Crippen MR) is 97.1 cm³/mol. The van der Waals surface area contributed by atoms with Crippen LogP contribution in [0.5, 0.6) is 0 Å². The number of hydrogen-bond acceptors (Lipinski definition) is 0. The first-order valence-electron chi connectivity index (χ1n) is 8.66. The van der Waals surface area contributed by atoms with Crippen LogP contribution in [0, 0.1) is 19.8 Å². The number of benzene rings is 1. The molecule has 21 heavy (non-hydrogen) atoms. The van der Waals surface area contributed by atoms with Crippen molar-refractivity contribution in [3.05, 3.63) is 34.9 Å². The second-order valence-corrected chi connectivity index (χ2v) is 6.77. The molecule has 0 bridgehead atoms. The summed E-state index contributed by atoms with van der Waals surface area (Å²) in [6.07, 6.45) is 12.6. The van der Waals surface area contributed by atoms with Gasteiger partial charge in [-0.2, -0.15) is 0 Å². The Hall–Kier alpha value is 0.220. The van der Waals surface area contributed by atoms with Crippen molar-refractivity contribution >= 4 is 29.6 Å². The second-order valence-electron chi connectivity index (χ2n) is 6.77. The molecule has 0 N–H and O–H groups in total. The van der Waals surface area contributed by atoms with Crippen LogP contribution in [0.3, 0.4) is 0 Å². The van der Waals surface area contributed by atoms with E-state index in [-0.39, 0.29) is 29.6 Å². The summed E-state index contributed by atoms with van der Waals surface area (Å²) < 4.78 is 0. The van der Waals surface area contributed by atoms with Crippen molar-refractivity contribution in [2.45, 2.75) is 85.5 Å². The van der Waals surface area contributed by atoms with Crippen molar-refractivity contribution in [1.82, 2.24) is 0 Å². The topological polar surface area (TPSA) is 0 Å². The van der Waals surface area contributed by atoms with Crippen LogP contribution in [0.25, 0.3) is 0 Å². The molecule has 0 aliphatic heterocycles. The van der Waals surface area contributed by atoms with Gasteiger partial charge in [0.25, 0.3) is 0 Å². The van der Waals surface area contributed by atoms with Crippen LogP contribution < -0.4 is 0 Å². The molecule has 0 spiro atoms. The Morgan fingerprint density at radius 1 is 0.810 bits per heavy atom. The summed E-state index contributed by atoms with van der Waals surface area (Å²) in [6, 6.07) is 6.72. The molecule has 0 amide bonds. The number of hydrogen-bond donors (Lipinski definition) is 0. The minimum atomic E-state index is 0. The predicted octanol–water partition coefficient (Wildman–Crippen LogP) is 6.24. The third kappa shape index (κ3) is 9.76. The molecule has 0 saturated carbocycles. The Bertz CT molecular complexity index is 368. The van der Waals surface area contributed by atoms with Gasteiger partial charge in [-0.3, -0.25) is 0 Å². The molecule has 1 rings (SSSR count). The van der Waals surface area contributed by atoms with E-state index in [0.29, 0.717) is 0 Å². The van der Waals surface area contributed by atoms with E-state index >= 15 is 0 Å². The van der Waals surface area contributed by atoms with E-state index in [1.54, 1.807) is 5.56 Å². The maximum Gasteiger partial charge on any atom is 0 e. The van der Waals surface area contributed by atoms with E-state index < -0.39 is 0 Å². The van der Waals surface area contributed by atoms with E-state index in [2.05, 4.69) is 45.9 Å². The summed E-state index contributed by atoms with van der Waals surface area (Å²) in [4.78, 5) is 0. The zero-order chi connectivity index (χ0) is 14.8. The van der Waals surface area contributed by atoms with Crippen LogP contribution in [0.15, 0.2) is 18.2 Å². The zero-order valence-electron chi connectivity index (χ0n) is 15.2. The van der Waals surface area contributed by atoms with Crippen LogP contribution >= 0.6 is 0 Å². The maximum atomic E-state index is 2.33. The standard InChI is InChI=1S/C20H34.Na/c1-17(2)13-10-8-6-5-7-9-11-15-20-16-12-14-18(3)19(20)4;/h12,14,16-17H,5-11,13,15H2,1-4H3;. The van der Waals surface area contributed by atoms with E-state index in [9.17, 15) is 0 Å². The first-order chi connectivity index (χ1) is 9.61. The SMILES string of the molecule is Cc1cccc(CCCCCCCCCC(C)C)c1C.[Na]. The average molecular weight is 297 g/mol. The van der Waals surface area contributed by atoms with Gasteiger partial charge in [-0.15, -0.1) is 0 Å². The minimum Gasteiger partial charge on any atom is -0.0628 e. The van der Waals surface area contributed by atoms with Gasteiger partial charge in [-0.25, -0.2) is 0 Å². The van der Waals surface area contributed by atoms with Crippen molar-refractivity contribution in [3.8, 4) is 0 Å². The Balaban J connectivity index is 0.00000400. The largest absolute Gasteiger partial charge is 0.0628 e. The molecule has 0 heterocycles. The molecule has 1 aromatic rings. The Labute approximate surface area is 155 Å². The van der Waals surface area contributed by atoms with Gasteiger partial charge in [0.1, 0.15) is 0 Å². The van der Waals surface area contributed by atoms with Gasteiger partial charge in [-0.1, -0.05) is 77.0 Å². The Morgan fingerprint density at radius 3 is 2.00 bits per heavy atom. The van der Waals surface area contributed by atoms with E-state index in [1.165, 1.54) is 68.9 Å². The summed E-state index contributed by atoms with van der Waals surface area (Å²) in [5.74, 6) is 0.882. The van der Waals surface area contributed by atoms with Gasteiger partial charge in [-0.05, 0) is 49.3 Å². The van der Waals surface area contributed by atoms with Crippen LogP contribution in [0.1, 0.15) is 81.9 Å². The molecule has 1 radical (unpaired) electrons.